The predicted octanol–water partition coefficient (Wildman–Crippen LogP) is 2.81. The highest BCUT2D eigenvalue weighted by Gasteiger charge is 2.36. The first-order chi connectivity index (χ1) is 15.3. The maximum absolute atomic E-state index is 12.8. The van der Waals surface area contributed by atoms with Crippen LogP contribution in [0.4, 0.5) is 11.4 Å². The Kier molecular flexibility index (Phi) is 6.10. The fraction of sp³-hybridized carbons (Fsp3) is 0.391. The van der Waals surface area contributed by atoms with Crippen LogP contribution < -0.4 is 19.7 Å². The maximum atomic E-state index is 12.8. The van der Waals surface area contributed by atoms with Crippen LogP contribution in [0.15, 0.2) is 41.3 Å². The Hall–Kier alpha value is -3.07. The van der Waals surface area contributed by atoms with Crippen LogP contribution in [0.25, 0.3) is 0 Å². The molecule has 2 aromatic rings. The average Bonchev–Trinajstić information content (AvgIpc) is 3.55. The van der Waals surface area contributed by atoms with E-state index < -0.39 is 15.7 Å². The molecule has 0 unspecified atom stereocenters. The van der Waals surface area contributed by atoms with Crippen LogP contribution >= 0.6 is 0 Å². The molecule has 2 aromatic carbocycles. The van der Waals surface area contributed by atoms with Crippen LogP contribution in [0.3, 0.4) is 0 Å². The van der Waals surface area contributed by atoms with E-state index in [1.165, 1.54) is 20.3 Å². The van der Waals surface area contributed by atoms with Gasteiger partial charge in [0.05, 0.1) is 24.9 Å². The van der Waals surface area contributed by atoms with Crippen LogP contribution in [0.1, 0.15) is 24.8 Å². The Bertz CT molecular complexity index is 1130. The van der Waals surface area contributed by atoms with Gasteiger partial charge in [0.1, 0.15) is 11.5 Å². The first-order valence-electron chi connectivity index (χ1n) is 10.5. The first kappa shape index (κ1) is 22.1. The Morgan fingerprint density at radius 3 is 2.38 bits per heavy atom. The molecule has 1 heterocycles. The van der Waals surface area contributed by atoms with Gasteiger partial charge in [-0.25, -0.2) is 8.42 Å². The minimum absolute atomic E-state index is 0.118. The summed E-state index contributed by atoms with van der Waals surface area (Å²) in [5.74, 6) is 0.534. The predicted molar refractivity (Wildman–Crippen MR) is 120 cm³/mol. The SMILES string of the molecule is COc1cc(NC(=O)CCS(=O)(=O)c2ccc3c(c2)CCN3C(=O)C2CC2)cc(OC)c1. The highest BCUT2D eigenvalue weighted by molar-refractivity contribution is 7.91. The summed E-state index contributed by atoms with van der Waals surface area (Å²) in [4.78, 5) is 26.7. The fourth-order valence-electron chi connectivity index (χ4n) is 3.80. The van der Waals surface area contributed by atoms with Crippen LogP contribution in [-0.4, -0.2) is 46.7 Å². The molecule has 0 bridgehead atoms. The number of rotatable bonds is 8. The number of hydrogen-bond donors (Lipinski definition) is 1. The maximum Gasteiger partial charge on any atom is 0.230 e. The molecule has 1 aliphatic carbocycles. The molecule has 1 saturated carbocycles. The van der Waals surface area contributed by atoms with Gasteiger partial charge in [0.25, 0.3) is 0 Å². The summed E-state index contributed by atoms with van der Waals surface area (Å²) >= 11 is 0. The van der Waals surface area contributed by atoms with Crippen molar-refractivity contribution < 1.29 is 27.5 Å². The zero-order valence-corrected chi connectivity index (χ0v) is 18.9. The Morgan fingerprint density at radius 1 is 1.06 bits per heavy atom. The van der Waals surface area contributed by atoms with Gasteiger partial charge in [0, 0.05) is 48.5 Å². The average molecular weight is 459 g/mol. The van der Waals surface area contributed by atoms with Gasteiger partial charge in [-0.1, -0.05) is 0 Å². The summed E-state index contributed by atoms with van der Waals surface area (Å²) in [6.45, 7) is 0.584. The number of fused-ring (bicyclic) bond motifs is 1. The summed E-state index contributed by atoms with van der Waals surface area (Å²) < 4.78 is 36.0. The molecule has 0 radical (unpaired) electrons. The lowest BCUT2D eigenvalue weighted by molar-refractivity contribution is -0.119. The van der Waals surface area contributed by atoms with Crippen molar-refractivity contribution in [3.05, 3.63) is 42.0 Å². The van der Waals surface area contributed by atoms with E-state index in [-0.39, 0.29) is 28.9 Å². The molecule has 2 aliphatic rings. The zero-order valence-electron chi connectivity index (χ0n) is 18.1. The van der Waals surface area contributed by atoms with Crippen LogP contribution in [0.2, 0.25) is 0 Å². The van der Waals surface area contributed by atoms with Crippen molar-refractivity contribution in [3.8, 4) is 11.5 Å². The number of carbonyl (C=O) groups is 2. The molecule has 1 N–H and O–H groups in total. The third-order valence-electron chi connectivity index (χ3n) is 5.73. The topological polar surface area (TPSA) is 102 Å². The fourth-order valence-corrected chi connectivity index (χ4v) is 5.09. The molecule has 9 heteroatoms. The smallest absolute Gasteiger partial charge is 0.230 e. The number of hydrogen-bond acceptors (Lipinski definition) is 6. The van der Waals surface area contributed by atoms with Crippen LogP contribution in [0, 0.1) is 5.92 Å². The van der Waals surface area contributed by atoms with Gasteiger partial charge < -0.3 is 19.7 Å². The highest BCUT2D eigenvalue weighted by Crippen LogP contribution is 2.37. The van der Waals surface area contributed by atoms with Crippen molar-refractivity contribution in [1.29, 1.82) is 0 Å². The van der Waals surface area contributed by atoms with Crippen molar-refractivity contribution in [1.82, 2.24) is 0 Å². The molecule has 8 nitrogen and oxygen atoms in total. The lowest BCUT2D eigenvalue weighted by atomic mass is 10.2. The van der Waals surface area contributed by atoms with E-state index >= 15 is 0 Å². The first-order valence-corrected chi connectivity index (χ1v) is 12.2. The number of amides is 2. The number of sulfone groups is 1. The number of nitrogens with zero attached hydrogens (tertiary/aromatic N) is 1. The lowest BCUT2D eigenvalue weighted by Crippen LogP contribution is -2.30. The molecule has 170 valence electrons. The number of benzene rings is 2. The number of anilines is 2. The highest BCUT2D eigenvalue weighted by atomic mass is 32.2. The Labute approximate surface area is 187 Å². The van der Waals surface area contributed by atoms with E-state index in [1.54, 1.807) is 35.2 Å². The second-order valence-electron chi connectivity index (χ2n) is 8.02. The third-order valence-corrected chi connectivity index (χ3v) is 7.45. The van der Waals surface area contributed by atoms with Crippen molar-refractivity contribution in [2.45, 2.75) is 30.6 Å². The van der Waals surface area contributed by atoms with Gasteiger partial charge in [-0.3, -0.25) is 9.59 Å². The van der Waals surface area contributed by atoms with Crippen molar-refractivity contribution >= 4 is 33.0 Å². The molecule has 0 saturated heterocycles. The number of nitrogens with one attached hydrogen (secondary N) is 1. The Morgan fingerprint density at radius 2 is 1.75 bits per heavy atom. The minimum atomic E-state index is -3.65. The van der Waals surface area contributed by atoms with E-state index in [2.05, 4.69) is 5.32 Å². The Balaban J connectivity index is 1.40. The monoisotopic (exact) mass is 458 g/mol. The number of ether oxygens (including phenoxy) is 2. The molecule has 1 fully saturated rings. The molecule has 32 heavy (non-hydrogen) atoms. The third kappa shape index (κ3) is 4.72. The van der Waals surface area contributed by atoms with E-state index in [4.69, 9.17) is 9.47 Å². The van der Waals surface area contributed by atoms with Crippen LogP contribution in [-0.2, 0) is 25.8 Å². The van der Waals surface area contributed by atoms with E-state index in [0.717, 1.165) is 24.1 Å². The second-order valence-corrected chi connectivity index (χ2v) is 10.1. The summed E-state index contributed by atoms with van der Waals surface area (Å²) in [5.41, 5.74) is 2.11. The molecule has 0 spiro atoms. The zero-order chi connectivity index (χ0) is 22.9. The summed E-state index contributed by atoms with van der Waals surface area (Å²) in [5, 5.41) is 2.68. The second kappa shape index (κ2) is 8.82. The molecule has 0 atom stereocenters. The molecular weight excluding hydrogens is 432 g/mol. The van der Waals surface area contributed by atoms with Crippen molar-refractivity contribution in [2.75, 3.05) is 36.7 Å². The number of carbonyl (C=O) groups excluding carboxylic acids is 2. The molecule has 2 amide bonds. The molecule has 4 rings (SSSR count). The van der Waals surface area contributed by atoms with E-state index in [1.807, 2.05) is 0 Å². The van der Waals surface area contributed by atoms with Gasteiger partial charge in [-0.2, -0.15) is 0 Å². The van der Waals surface area contributed by atoms with E-state index in [0.29, 0.717) is 30.2 Å². The quantitative estimate of drug-likeness (QED) is 0.653. The molecule has 0 aromatic heterocycles. The molecular formula is C23H26N2O6S. The van der Waals surface area contributed by atoms with Crippen LogP contribution in [0.5, 0.6) is 11.5 Å². The summed E-state index contributed by atoms with van der Waals surface area (Å²) in [6, 6.07) is 9.80. The van der Waals surface area contributed by atoms with Gasteiger partial charge in [0.15, 0.2) is 9.84 Å². The number of methoxy groups -OCH3 is 2. The van der Waals surface area contributed by atoms with Gasteiger partial charge in [0.2, 0.25) is 11.8 Å². The van der Waals surface area contributed by atoms with E-state index in [9.17, 15) is 18.0 Å². The standard InChI is InChI=1S/C23H26N2O6S/c1-30-18-12-17(13-19(14-18)31-2)24-22(26)8-10-32(28,29)20-5-6-21-16(11-20)7-9-25(21)23(27)15-3-4-15/h5-6,11-15H,3-4,7-10H2,1-2H3,(H,24,26). The summed E-state index contributed by atoms with van der Waals surface area (Å²) in [6.07, 6.45) is 2.31. The van der Waals surface area contributed by atoms with Gasteiger partial charge in [-0.05, 0) is 43.0 Å². The summed E-state index contributed by atoms with van der Waals surface area (Å²) in [7, 11) is -0.641. The van der Waals surface area contributed by atoms with Crippen molar-refractivity contribution in [3.63, 3.8) is 0 Å². The normalized spacial score (nSPS) is 15.2. The molecule has 1 aliphatic heterocycles. The van der Waals surface area contributed by atoms with Crippen molar-refractivity contribution in [2.24, 2.45) is 5.92 Å². The lowest BCUT2D eigenvalue weighted by Gasteiger charge is -2.17. The largest absolute Gasteiger partial charge is 0.497 e. The minimum Gasteiger partial charge on any atom is -0.497 e. The van der Waals surface area contributed by atoms with Gasteiger partial charge in [-0.15, -0.1) is 0 Å². The van der Waals surface area contributed by atoms with Gasteiger partial charge >= 0.3 is 0 Å².